The molecule has 0 aliphatic carbocycles. The second kappa shape index (κ2) is 7.35. The quantitative estimate of drug-likeness (QED) is 0.415. The number of hydrogen-bond donors (Lipinski definition) is 2. The molecule has 5 heteroatoms. The van der Waals surface area contributed by atoms with Gasteiger partial charge >= 0.3 is 0 Å². The second-order valence-corrected chi connectivity index (χ2v) is 6.31. The first-order chi connectivity index (χ1) is 12.5. The van der Waals surface area contributed by atoms with E-state index in [0.717, 1.165) is 39.3 Å². The van der Waals surface area contributed by atoms with Gasteiger partial charge in [0, 0.05) is 22.9 Å². The molecule has 132 valence electrons. The number of nitrogens with two attached hydrogens (primary N) is 1. The highest BCUT2D eigenvalue weighted by Gasteiger charge is 2.08. The summed E-state index contributed by atoms with van der Waals surface area (Å²) in [5.41, 5.74) is 15.9. The number of nitrogens with zero attached hydrogens (tertiary/aromatic N) is 3. The van der Waals surface area contributed by atoms with Gasteiger partial charge in [-0.05, 0) is 44.9 Å². The molecule has 3 aromatic rings. The lowest BCUT2D eigenvalue weighted by Crippen LogP contribution is -2.06. The minimum atomic E-state index is 0.667. The average Bonchev–Trinajstić information content (AvgIpc) is 2.64. The Labute approximate surface area is 154 Å². The number of rotatable bonds is 4. The summed E-state index contributed by atoms with van der Waals surface area (Å²) < 4.78 is 0. The summed E-state index contributed by atoms with van der Waals surface area (Å²) in [4.78, 5) is 8.94. The molecule has 1 aromatic heterocycles. The Kier molecular flexibility index (Phi) is 4.98. The van der Waals surface area contributed by atoms with Crippen LogP contribution in [-0.2, 0) is 0 Å². The van der Waals surface area contributed by atoms with E-state index in [4.69, 9.17) is 5.73 Å². The van der Waals surface area contributed by atoms with Gasteiger partial charge in [0.1, 0.15) is 11.6 Å². The van der Waals surface area contributed by atoms with Crippen LogP contribution in [0.4, 0.5) is 11.5 Å². The van der Waals surface area contributed by atoms with Gasteiger partial charge in [-0.1, -0.05) is 36.4 Å². The lowest BCUT2D eigenvalue weighted by Gasteiger charge is -2.11. The average molecular weight is 345 g/mol. The van der Waals surface area contributed by atoms with E-state index in [1.54, 1.807) is 0 Å². The number of aromatic nitrogens is 2. The predicted molar refractivity (Wildman–Crippen MR) is 108 cm³/mol. The van der Waals surface area contributed by atoms with Gasteiger partial charge in [0.25, 0.3) is 0 Å². The predicted octanol–water partition coefficient (Wildman–Crippen LogP) is 4.49. The van der Waals surface area contributed by atoms with Crippen molar-refractivity contribution in [3.63, 3.8) is 0 Å². The van der Waals surface area contributed by atoms with E-state index in [-0.39, 0.29) is 0 Å². The number of hydrazone groups is 1. The van der Waals surface area contributed by atoms with Crippen LogP contribution in [0.1, 0.15) is 29.4 Å². The van der Waals surface area contributed by atoms with Crippen molar-refractivity contribution in [3.8, 4) is 11.3 Å². The molecule has 3 rings (SSSR count). The molecule has 26 heavy (non-hydrogen) atoms. The van der Waals surface area contributed by atoms with Gasteiger partial charge < -0.3 is 5.73 Å². The molecule has 0 bridgehead atoms. The van der Waals surface area contributed by atoms with Crippen molar-refractivity contribution in [2.24, 2.45) is 5.10 Å². The summed E-state index contributed by atoms with van der Waals surface area (Å²) in [6.07, 6.45) is 0. The number of nitrogen functional groups attached to an aromatic ring is 1. The van der Waals surface area contributed by atoms with Gasteiger partial charge in [-0.3, -0.25) is 5.43 Å². The molecule has 0 aliphatic heterocycles. The maximum atomic E-state index is 5.97. The van der Waals surface area contributed by atoms with Crippen molar-refractivity contribution < 1.29 is 0 Å². The highest BCUT2D eigenvalue weighted by molar-refractivity contribution is 6.01. The Morgan fingerprint density at radius 3 is 2.42 bits per heavy atom. The highest BCUT2D eigenvalue weighted by Crippen LogP contribution is 2.21. The number of anilines is 2. The lowest BCUT2D eigenvalue weighted by atomic mass is 9.99. The molecule has 0 saturated carbocycles. The van der Waals surface area contributed by atoms with E-state index in [2.05, 4.69) is 27.4 Å². The van der Waals surface area contributed by atoms with Crippen LogP contribution in [0.25, 0.3) is 11.3 Å². The zero-order valence-corrected chi connectivity index (χ0v) is 15.5. The fourth-order valence-corrected chi connectivity index (χ4v) is 2.82. The van der Waals surface area contributed by atoms with Crippen LogP contribution in [0, 0.1) is 20.8 Å². The molecule has 0 atom stereocenters. The van der Waals surface area contributed by atoms with Crippen LogP contribution >= 0.6 is 0 Å². The molecular formula is C21H23N5. The molecule has 0 saturated heterocycles. The van der Waals surface area contributed by atoms with Crippen molar-refractivity contribution in [2.75, 3.05) is 11.2 Å². The fraction of sp³-hybridized carbons (Fsp3) is 0.190. The molecule has 0 radical (unpaired) electrons. The Morgan fingerprint density at radius 2 is 1.69 bits per heavy atom. The Morgan fingerprint density at radius 1 is 0.962 bits per heavy atom. The molecule has 5 nitrogen and oxygen atoms in total. The molecule has 0 spiro atoms. The zero-order valence-electron chi connectivity index (χ0n) is 15.5. The van der Waals surface area contributed by atoms with Crippen LogP contribution in [0.2, 0.25) is 0 Å². The van der Waals surface area contributed by atoms with E-state index in [0.29, 0.717) is 11.6 Å². The van der Waals surface area contributed by atoms with Crippen molar-refractivity contribution in [1.82, 2.24) is 9.97 Å². The minimum Gasteiger partial charge on any atom is -0.399 e. The summed E-state index contributed by atoms with van der Waals surface area (Å²) in [5.74, 6) is 1.36. The Hall–Kier alpha value is -3.21. The fourth-order valence-electron chi connectivity index (χ4n) is 2.82. The third kappa shape index (κ3) is 3.72. The van der Waals surface area contributed by atoms with Crippen molar-refractivity contribution in [2.45, 2.75) is 27.7 Å². The third-order valence-corrected chi connectivity index (χ3v) is 4.46. The first-order valence-corrected chi connectivity index (χ1v) is 8.53. The first kappa shape index (κ1) is 17.6. The number of benzene rings is 2. The second-order valence-electron chi connectivity index (χ2n) is 6.31. The molecular weight excluding hydrogens is 322 g/mol. The molecule has 0 amide bonds. The maximum Gasteiger partial charge on any atom is 0.150 e. The monoisotopic (exact) mass is 345 g/mol. The van der Waals surface area contributed by atoms with E-state index >= 15 is 0 Å². The third-order valence-electron chi connectivity index (χ3n) is 4.46. The summed E-state index contributed by atoms with van der Waals surface area (Å²) in [6.45, 7) is 7.93. The normalized spacial score (nSPS) is 11.5. The zero-order chi connectivity index (χ0) is 18.7. The Bertz CT molecular complexity index is 962. The van der Waals surface area contributed by atoms with Crippen LogP contribution < -0.4 is 11.2 Å². The molecule has 1 heterocycles. The minimum absolute atomic E-state index is 0.667. The van der Waals surface area contributed by atoms with Crippen molar-refractivity contribution in [1.29, 1.82) is 0 Å². The topological polar surface area (TPSA) is 76.2 Å². The van der Waals surface area contributed by atoms with E-state index in [9.17, 15) is 0 Å². The van der Waals surface area contributed by atoms with Gasteiger partial charge in [-0.15, -0.1) is 0 Å². The largest absolute Gasteiger partial charge is 0.399 e. The van der Waals surface area contributed by atoms with Gasteiger partial charge in [-0.2, -0.15) is 5.10 Å². The Balaban J connectivity index is 1.89. The molecule has 0 unspecified atom stereocenters. The maximum absolute atomic E-state index is 5.97. The summed E-state index contributed by atoms with van der Waals surface area (Å²) in [7, 11) is 0. The highest BCUT2D eigenvalue weighted by atomic mass is 15.3. The van der Waals surface area contributed by atoms with E-state index in [1.807, 2.05) is 69.3 Å². The van der Waals surface area contributed by atoms with Gasteiger partial charge in [0.15, 0.2) is 0 Å². The SMILES string of the molecule is CC(=NNc1cc(-c2ccccc2)nc(C)n1)c1ccc(N)c(C)c1C. The molecule has 3 N–H and O–H groups in total. The molecule has 2 aromatic carbocycles. The standard InChI is InChI=1S/C21H23N5/c1-13-14(2)19(22)11-10-18(13)15(3)25-26-21-12-20(23-16(4)24-21)17-8-6-5-7-9-17/h5-12H,22H2,1-4H3,(H,23,24,26). The number of nitrogens with one attached hydrogen (secondary N) is 1. The summed E-state index contributed by atoms with van der Waals surface area (Å²) in [6, 6.07) is 15.9. The van der Waals surface area contributed by atoms with E-state index in [1.165, 1.54) is 0 Å². The smallest absolute Gasteiger partial charge is 0.150 e. The van der Waals surface area contributed by atoms with E-state index < -0.39 is 0 Å². The van der Waals surface area contributed by atoms with Gasteiger partial charge in [-0.25, -0.2) is 9.97 Å². The van der Waals surface area contributed by atoms with Gasteiger partial charge in [0.05, 0.1) is 11.4 Å². The lowest BCUT2D eigenvalue weighted by molar-refractivity contribution is 1.05. The van der Waals surface area contributed by atoms with Gasteiger partial charge in [0.2, 0.25) is 0 Å². The van der Waals surface area contributed by atoms with Crippen molar-refractivity contribution in [3.05, 3.63) is 71.0 Å². The summed E-state index contributed by atoms with van der Waals surface area (Å²) >= 11 is 0. The van der Waals surface area contributed by atoms with Crippen LogP contribution in [0.3, 0.4) is 0 Å². The van der Waals surface area contributed by atoms with Crippen LogP contribution in [-0.4, -0.2) is 15.7 Å². The number of hydrogen-bond acceptors (Lipinski definition) is 5. The van der Waals surface area contributed by atoms with Crippen molar-refractivity contribution >= 4 is 17.2 Å². The van der Waals surface area contributed by atoms with Crippen LogP contribution in [0.5, 0.6) is 0 Å². The van der Waals surface area contributed by atoms with Crippen LogP contribution in [0.15, 0.2) is 53.6 Å². The number of aryl methyl sites for hydroxylation is 1. The summed E-state index contributed by atoms with van der Waals surface area (Å²) in [5, 5.41) is 4.51. The first-order valence-electron chi connectivity index (χ1n) is 8.53. The molecule has 0 aliphatic rings. The molecule has 0 fully saturated rings.